The second kappa shape index (κ2) is 5.50. The number of hydrogen-bond donors (Lipinski definition) is 0. The van der Waals surface area contributed by atoms with Gasteiger partial charge in [-0.05, 0) is 37.1 Å². The highest BCUT2D eigenvalue weighted by molar-refractivity contribution is 6.36. The van der Waals surface area contributed by atoms with E-state index in [2.05, 4.69) is 15.1 Å². The highest BCUT2D eigenvalue weighted by Gasteiger charge is 2.23. The van der Waals surface area contributed by atoms with Crippen LogP contribution in [-0.2, 0) is 4.74 Å². The lowest BCUT2D eigenvalue weighted by Gasteiger charge is -2.06. The minimum atomic E-state index is -0.0461. The fraction of sp³-hybridized carbons (Fsp3) is 0.267. The Labute approximate surface area is 136 Å². The Kier molecular flexibility index (Phi) is 3.48. The molecule has 1 atom stereocenters. The molecule has 0 bridgehead atoms. The quantitative estimate of drug-likeness (QED) is 0.712. The summed E-state index contributed by atoms with van der Waals surface area (Å²) in [6, 6.07) is 7.23. The molecule has 3 heterocycles. The number of rotatable bonds is 2. The Morgan fingerprint density at radius 3 is 2.91 bits per heavy atom. The summed E-state index contributed by atoms with van der Waals surface area (Å²) in [6.07, 6.45) is 3.62. The van der Waals surface area contributed by atoms with Crippen LogP contribution in [0.5, 0.6) is 0 Å². The lowest BCUT2D eigenvalue weighted by atomic mass is 10.1. The predicted octanol–water partition coefficient (Wildman–Crippen LogP) is 3.95. The average Bonchev–Trinajstić information content (AvgIpc) is 3.16. The van der Waals surface area contributed by atoms with Crippen LogP contribution in [0.1, 0.15) is 24.8 Å². The van der Waals surface area contributed by atoms with Gasteiger partial charge in [-0.15, -0.1) is 5.10 Å². The van der Waals surface area contributed by atoms with Crippen molar-refractivity contribution in [2.75, 3.05) is 6.61 Å². The molecule has 1 saturated heterocycles. The Balaban J connectivity index is 1.87. The average molecular weight is 335 g/mol. The van der Waals surface area contributed by atoms with Gasteiger partial charge in [0.2, 0.25) is 0 Å². The van der Waals surface area contributed by atoms with Crippen LogP contribution >= 0.6 is 23.2 Å². The van der Waals surface area contributed by atoms with Crippen molar-refractivity contribution < 1.29 is 4.74 Å². The highest BCUT2D eigenvalue weighted by atomic mass is 35.5. The topological polar surface area (TPSA) is 52.3 Å². The SMILES string of the molecule is Clc1ccc(-c2ccnc3nc([C@H]4CCCO4)nn23)c(Cl)c1. The zero-order valence-electron chi connectivity index (χ0n) is 11.5. The molecular weight excluding hydrogens is 323 g/mol. The van der Waals surface area contributed by atoms with E-state index in [1.54, 1.807) is 22.8 Å². The van der Waals surface area contributed by atoms with Crippen LogP contribution in [-0.4, -0.2) is 26.2 Å². The van der Waals surface area contributed by atoms with Gasteiger partial charge in [-0.2, -0.15) is 9.50 Å². The van der Waals surface area contributed by atoms with Crippen molar-refractivity contribution in [3.8, 4) is 11.3 Å². The Morgan fingerprint density at radius 1 is 1.23 bits per heavy atom. The first-order chi connectivity index (χ1) is 10.7. The highest BCUT2D eigenvalue weighted by Crippen LogP contribution is 2.31. The summed E-state index contributed by atoms with van der Waals surface area (Å²) in [7, 11) is 0. The minimum Gasteiger partial charge on any atom is -0.370 e. The van der Waals surface area contributed by atoms with Crippen LogP contribution in [0.25, 0.3) is 17.0 Å². The van der Waals surface area contributed by atoms with Gasteiger partial charge in [0.15, 0.2) is 5.82 Å². The van der Waals surface area contributed by atoms with E-state index in [4.69, 9.17) is 27.9 Å². The van der Waals surface area contributed by atoms with Crippen LogP contribution in [0, 0.1) is 0 Å². The molecular formula is C15H12Cl2N4O. The zero-order chi connectivity index (χ0) is 15.1. The van der Waals surface area contributed by atoms with E-state index in [1.807, 2.05) is 12.1 Å². The summed E-state index contributed by atoms with van der Waals surface area (Å²) in [5, 5.41) is 5.72. The molecule has 1 aliphatic heterocycles. The van der Waals surface area contributed by atoms with Crippen molar-refractivity contribution in [2.45, 2.75) is 18.9 Å². The molecule has 2 aromatic heterocycles. The molecule has 0 spiro atoms. The largest absolute Gasteiger partial charge is 0.370 e. The first kappa shape index (κ1) is 13.9. The third-order valence-electron chi connectivity index (χ3n) is 3.68. The minimum absolute atomic E-state index is 0.0461. The summed E-state index contributed by atoms with van der Waals surface area (Å²) < 4.78 is 7.34. The second-order valence-corrected chi connectivity index (χ2v) is 5.98. The van der Waals surface area contributed by atoms with E-state index >= 15 is 0 Å². The van der Waals surface area contributed by atoms with E-state index in [0.29, 0.717) is 21.6 Å². The Morgan fingerprint density at radius 2 is 2.14 bits per heavy atom. The predicted molar refractivity (Wildman–Crippen MR) is 84.2 cm³/mol. The fourth-order valence-corrected chi connectivity index (χ4v) is 3.13. The van der Waals surface area contributed by atoms with Gasteiger partial charge in [0.25, 0.3) is 5.78 Å². The molecule has 22 heavy (non-hydrogen) atoms. The van der Waals surface area contributed by atoms with Gasteiger partial charge in [0, 0.05) is 23.4 Å². The molecule has 3 aromatic rings. The van der Waals surface area contributed by atoms with Gasteiger partial charge in [-0.1, -0.05) is 23.2 Å². The van der Waals surface area contributed by atoms with Crippen LogP contribution in [0.3, 0.4) is 0 Å². The van der Waals surface area contributed by atoms with E-state index in [9.17, 15) is 0 Å². The number of ether oxygens (including phenoxy) is 1. The fourth-order valence-electron chi connectivity index (χ4n) is 2.63. The molecule has 1 aromatic carbocycles. The van der Waals surface area contributed by atoms with Crippen molar-refractivity contribution in [1.82, 2.24) is 19.6 Å². The molecule has 0 saturated carbocycles. The van der Waals surface area contributed by atoms with E-state index < -0.39 is 0 Å². The van der Waals surface area contributed by atoms with Crippen LogP contribution in [0.2, 0.25) is 10.0 Å². The molecule has 5 nitrogen and oxygen atoms in total. The van der Waals surface area contributed by atoms with Crippen LogP contribution < -0.4 is 0 Å². The molecule has 0 aliphatic carbocycles. The van der Waals surface area contributed by atoms with Gasteiger partial charge in [0.05, 0.1) is 10.7 Å². The number of nitrogens with zero attached hydrogens (tertiary/aromatic N) is 4. The van der Waals surface area contributed by atoms with E-state index in [0.717, 1.165) is 30.7 Å². The number of hydrogen-bond acceptors (Lipinski definition) is 4. The molecule has 112 valence electrons. The summed E-state index contributed by atoms with van der Waals surface area (Å²) in [5.41, 5.74) is 1.66. The van der Waals surface area contributed by atoms with Gasteiger partial charge in [0.1, 0.15) is 6.10 Å². The lowest BCUT2D eigenvalue weighted by Crippen LogP contribution is -2.00. The lowest BCUT2D eigenvalue weighted by molar-refractivity contribution is 0.105. The van der Waals surface area contributed by atoms with Gasteiger partial charge >= 0.3 is 0 Å². The zero-order valence-corrected chi connectivity index (χ0v) is 13.1. The van der Waals surface area contributed by atoms with Crippen molar-refractivity contribution in [3.63, 3.8) is 0 Å². The molecule has 0 radical (unpaired) electrons. The molecule has 1 aliphatic rings. The third-order valence-corrected chi connectivity index (χ3v) is 4.23. The molecule has 0 unspecified atom stereocenters. The molecule has 0 N–H and O–H groups in total. The first-order valence-corrected chi connectivity index (χ1v) is 7.77. The molecule has 7 heteroatoms. The summed E-state index contributed by atoms with van der Waals surface area (Å²) >= 11 is 12.3. The van der Waals surface area contributed by atoms with Crippen LogP contribution in [0.4, 0.5) is 0 Å². The van der Waals surface area contributed by atoms with Crippen molar-refractivity contribution in [1.29, 1.82) is 0 Å². The van der Waals surface area contributed by atoms with Crippen LogP contribution in [0.15, 0.2) is 30.5 Å². The second-order valence-electron chi connectivity index (χ2n) is 5.14. The van der Waals surface area contributed by atoms with Gasteiger partial charge < -0.3 is 4.74 Å². The number of halogens is 2. The van der Waals surface area contributed by atoms with Gasteiger partial charge in [-0.25, -0.2) is 4.98 Å². The maximum atomic E-state index is 6.31. The van der Waals surface area contributed by atoms with Crippen molar-refractivity contribution in [2.24, 2.45) is 0 Å². The van der Waals surface area contributed by atoms with E-state index in [1.165, 1.54) is 0 Å². The summed E-state index contributed by atoms with van der Waals surface area (Å²) in [5.74, 6) is 1.21. The third kappa shape index (κ3) is 2.35. The van der Waals surface area contributed by atoms with Crippen molar-refractivity contribution >= 4 is 29.0 Å². The molecule has 0 amide bonds. The molecule has 1 fully saturated rings. The first-order valence-electron chi connectivity index (χ1n) is 7.01. The molecule has 4 rings (SSSR count). The summed E-state index contributed by atoms with van der Waals surface area (Å²) in [4.78, 5) is 8.75. The smallest absolute Gasteiger partial charge is 0.253 e. The Hall–Kier alpha value is -1.69. The van der Waals surface area contributed by atoms with E-state index in [-0.39, 0.29) is 6.10 Å². The monoisotopic (exact) mass is 334 g/mol. The standard InChI is InChI=1S/C15H12Cl2N4O/c16-9-3-4-10(11(17)8-9)12-5-6-18-15-19-14(20-21(12)15)13-2-1-7-22-13/h3-6,8,13H,1-2,7H2/t13-/m1/s1. The maximum Gasteiger partial charge on any atom is 0.253 e. The number of benzene rings is 1. The van der Waals surface area contributed by atoms with Gasteiger partial charge in [-0.3, -0.25) is 0 Å². The van der Waals surface area contributed by atoms with Crippen molar-refractivity contribution in [3.05, 3.63) is 46.3 Å². The maximum absolute atomic E-state index is 6.31. The number of fused-ring (bicyclic) bond motifs is 1. The summed E-state index contributed by atoms with van der Waals surface area (Å²) in [6.45, 7) is 0.753. The number of aromatic nitrogens is 4. The Bertz CT molecular complexity index is 843. The normalized spacial score (nSPS) is 18.2.